The van der Waals surface area contributed by atoms with Gasteiger partial charge in [-0.1, -0.05) is 26.7 Å². The number of nitriles is 1. The van der Waals surface area contributed by atoms with Crippen molar-refractivity contribution >= 4 is 5.78 Å². The summed E-state index contributed by atoms with van der Waals surface area (Å²) in [6.07, 6.45) is 9.53. The molecular weight excluding hydrogens is 328 g/mol. The van der Waals surface area contributed by atoms with E-state index in [0.29, 0.717) is 35.8 Å². The van der Waals surface area contributed by atoms with Gasteiger partial charge in [0.2, 0.25) is 5.88 Å². The molecule has 0 aromatic carbocycles. The van der Waals surface area contributed by atoms with E-state index in [-0.39, 0.29) is 17.1 Å². The average Bonchev–Trinajstić information content (AvgIpc) is 3.23. The number of allylic oxidation sites excluding steroid dienone is 3. The molecule has 26 heavy (non-hydrogen) atoms. The van der Waals surface area contributed by atoms with Crippen LogP contribution >= 0.6 is 0 Å². The number of carbonyl (C=O) groups is 1. The Hall–Kier alpha value is -2.55. The quantitative estimate of drug-likeness (QED) is 0.880. The Balaban J connectivity index is 1.78. The average molecular weight is 352 g/mol. The molecule has 1 saturated carbocycles. The van der Waals surface area contributed by atoms with Crippen molar-refractivity contribution < 1.29 is 9.53 Å². The van der Waals surface area contributed by atoms with E-state index in [2.05, 4.69) is 11.2 Å². The highest BCUT2D eigenvalue weighted by atomic mass is 16.5. The molecule has 0 unspecified atom stereocenters. The standard InChI is InChI=1S/C20H24N4O2/c1-20(2)7-15(25)18-16(8-20)26-19(22)14(9-21)17(18)12-10-23-24(11-12)13-5-3-4-6-13/h10-11,13,17H,3-8,22H2,1-2H3/t17-/m0/s1. The van der Waals surface area contributed by atoms with E-state index in [4.69, 9.17) is 10.5 Å². The first-order chi connectivity index (χ1) is 12.4. The van der Waals surface area contributed by atoms with Crippen molar-refractivity contribution in [3.05, 3.63) is 40.7 Å². The molecular formula is C20H24N4O2. The molecule has 0 spiro atoms. The molecule has 1 atom stereocenters. The second-order valence-electron chi connectivity index (χ2n) is 8.39. The Morgan fingerprint density at radius 1 is 1.35 bits per heavy atom. The van der Waals surface area contributed by atoms with Crippen LogP contribution < -0.4 is 5.73 Å². The third kappa shape index (κ3) is 2.72. The Kier molecular flexibility index (Phi) is 3.91. The molecule has 0 radical (unpaired) electrons. The fourth-order valence-corrected chi connectivity index (χ4v) is 4.49. The highest BCUT2D eigenvalue weighted by Crippen LogP contribution is 2.48. The third-order valence-electron chi connectivity index (χ3n) is 5.73. The molecule has 0 bridgehead atoms. The van der Waals surface area contributed by atoms with Gasteiger partial charge in [-0.2, -0.15) is 10.4 Å². The largest absolute Gasteiger partial charge is 0.444 e. The van der Waals surface area contributed by atoms with Gasteiger partial charge in [-0.3, -0.25) is 9.48 Å². The van der Waals surface area contributed by atoms with Crippen LogP contribution in [0.3, 0.4) is 0 Å². The number of carbonyl (C=O) groups excluding carboxylic acids is 1. The van der Waals surface area contributed by atoms with E-state index < -0.39 is 5.92 Å². The summed E-state index contributed by atoms with van der Waals surface area (Å²) in [5, 5.41) is 14.2. The third-order valence-corrected chi connectivity index (χ3v) is 5.73. The van der Waals surface area contributed by atoms with Crippen molar-refractivity contribution in [2.45, 2.75) is 64.3 Å². The van der Waals surface area contributed by atoms with Crippen molar-refractivity contribution in [3.63, 3.8) is 0 Å². The number of hydrogen-bond donors (Lipinski definition) is 1. The van der Waals surface area contributed by atoms with Crippen LogP contribution in [0, 0.1) is 16.7 Å². The predicted molar refractivity (Wildman–Crippen MR) is 95.4 cm³/mol. The maximum Gasteiger partial charge on any atom is 0.205 e. The maximum atomic E-state index is 12.9. The molecule has 1 aromatic rings. The fourth-order valence-electron chi connectivity index (χ4n) is 4.49. The first-order valence-corrected chi connectivity index (χ1v) is 9.27. The van der Waals surface area contributed by atoms with Gasteiger partial charge in [0.1, 0.15) is 17.4 Å². The number of Topliss-reactive ketones (excluding diaryl/α,β-unsaturated/α-hetero) is 1. The molecule has 6 heteroatoms. The SMILES string of the molecule is CC1(C)CC(=O)C2=C(C1)OC(N)=C(C#N)[C@@H]2c1cnn(C2CCCC2)c1. The zero-order valence-corrected chi connectivity index (χ0v) is 15.3. The van der Waals surface area contributed by atoms with Crippen LogP contribution in [0.2, 0.25) is 0 Å². The summed E-state index contributed by atoms with van der Waals surface area (Å²) in [5.41, 5.74) is 7.62. The van der Waals surface area contributed by atoms with Gasteiger partial charge in [0, 0.05) is 30.2 Å². The van der Waals surface area contributed by atoms with Crippen molar-refractivity contribution in [1.29, 1.82) is 5.26 Å². The van der Waals surface area contributed by atoms with Gasteiger partial charge in [0.25, 0.3) is 0 Å². The molecule has 0 saturated heterocycles. The minimum Gasteiger partial charge on any atom is -0.444 e. The smallest absolute Gasteiger partial charge is 0.205 e. The molecule has 6 nitrogen and oxygen atoms in total. The minimum atomic E-state index is -0.470. The second kappa shape index (κ2) is 6.01. The highest BCUT2D eigenvalue weighted by molar-refractivity contribution is 6.00. The van der Waals surface area contributed by atoms with Crippen molar-refractivity contribution in [2.24, 2.45) is 11.1 Å². The lowest BCUT2D eigenvalue weighted by Gasteiger charge is -2.36. The van der Waals surface area contributed by atoms with E-state index >= 15 is 0 Å². The maximum absolute atomic E-state index is 12.9. The lowest BCUT2D eigenvalue weighted by atomic mass is 9.70. The number of ether oxygens (including phenoxy) is 1. The van der Waals surface area contributed by atoms with Gasteiger partial charge in [-0.05, 0) is 18.3 Å². The topological polar surface area (TPSA) is 93.9 Å². The summed E-state index contributed by atoms with van der Waals surface area (Å²) >= 11 is 0. The van der Waals surface area contributed by atoms with Crippen LogP contribution in [0.1, 0.15) is 69.9 Å². The molecule has 2 N–H and O–H groups in total. The highest BCUT2D eigenvalue weighted by Gasteiger charge is 2.43. The van der Waals surface area contributed by atoms with Crippen molar-refractivity contribution in [1.82, 2.24) is 9.78 Å². The van der Waals surface area contributed by atoms with E-state index in [0.717, 1.165) is 18.4 Å². The van der Waals surface area contributed by atoms with Gasteiger partial charge >= 0.3 is 0 Å². The van der Waals surface area contributed by atoms with Crippen LogP contribution in [0.5, 0.6) is 0 Å². The van der Waals surface area contributed by atoms with Gasteiger partial charge in [-0.15, -0.1) is 0 Å². The van der Waals surface area contributed by atoms with Gasteiger partial charge in [0.05, 0.1) is 18.2 Å². The molecule has 136 valence electrons. The second-order valence-corrected chi connectivity index (χ2v) is 8.39. The Morgan fingerprint density at radius 3 is 2.77 bits per heavy atom. The molecule has 1 fully saturated rings. The van der Waals surface area contributed by atoms with Crippen LogP contribution in [0.25, 0.3) is 0 Å². The zero-order chi connectivity index (χ0) is 18.5. The Bertz CT molecular complexity index is 863. The van der Waals surface area contributed by atoms with E-state index in [1.54, 1.807) is 6.20 Å². The first kappa shape index (κ1) is 16.9. The number of nitrogens with zero attached hydrogens (tertiary/aromatic N) is 3. The fraction of sp³-hybridized carbons (Fsp3) is 0.550. The number of nitrogens with two attached hydrogens (primary N) is 1. The van der Waals surface area contributed by atoms with Crippen LogP contribution in [-0.2, 0) is 9.53 Å². The molecule has 2 heterocycles. The minimum absolute atomic E-state index is 0.0371. The summed E-state index contributed by atoms with van der Waals surface area (Å²) in [6.45, 7) is 4.09. The predicted octanol–water partition coefficient (Wildman–Crippen LogP) is 3.45. The summed E-state index contributed by atoms with van der Waals surface area (Å²) in [6, 6.07) is 2.57. The van der Waals surface area contributed by atoms with E-state index in [1.807, 2.05) is 24.7 Å². The van der Waals surface area contributed by atoms with Gasteiger partial charge < -0.3 is 10.5 Å². The molecule has 0 amide bonds. The van der Waals surface area contributed by atoms with Crippen LogP contribution in [0.4, 0.5) is 0 Å². The zero-order valence-electron chi connectivity index (χ0n) is 15.3. The monoisotopic (exact) mass is 352 g/mol. The van der Waals surface area contributed by atoms with Gasteiger partial charge in [0.15, 0.2) is 5.78 Å². The normalized spacial score (nSPS) is 25.9. The van der Waals surface area contributed by atoms with Crippen LogP contribution in [-0.4, -0.2) is 15.6 Å². The van der Waals surface area contributed by atoms with E-state index in [1.165, 1.54) is 12.8 Å². The number of aromatic nitrogens is 2. The summed E-state index contributed by atoms with van der Waals surface area (Å²) in [5.74, 6) is 0.286. The van der Waals surface area contributed by atoms with Crippen molar-refractivity contribution in [3.8, 4) is 6.07 Å². The number of ketones is 1. The lowest BCUT2D eigenvalue weighted by Crippen LogP contribution is -2.33. The Labute approximate surface area is 153 Å². The van der Waals surface area contributed by atoms with Crippen molar-refractivity contribution in [2.75, 3.05) is 0 Å². The molecule has 3 aliphatic rings. The number of hydrogen-bond acceptors (Lipinski definition) is 5. The summed E-state index contributed by atoms with van der Waals surface area (Å²) < 4.78 is 7.71. The van der Waals surface area contributed by atoms with Gasteiger partial charge in [-0.25, -0.2) is 0 Å². The Morgan fingerprint density at radius 2 is 2.08 bits per heavy atom. The van der Waals surface area contributed by atoms with E-state index in [9.17, 15) is 10.1 Å². The lowest BCUT2D eigenvalue weighted by molar-refractivity contribution is -0.119. The first-order valence-electron chi connectivity index (χ1n) is 9.27. The summed E-state index contributed by atoms with van der Waals surface area (Å²) in [4.78, 5) is 12.9. The molecule has 4 rings (SSSR count). The van der Waals surface area contributed by atoms with Crippen LogP contribution in [0.15, 0.2) is 35.2 Å². The summed E-state index contributed by atoms with van der Waals surface area (Å²) in [7, 11) is 0. The molecule has 2 aliphatic carbocycles. The number of rotatable bonds is 2. The molecule has 1 aromatic heterocycles. The molecule has 1 aliphatic heterocycles.